The van der Waals surface area contributed by atoms with Crippen molar-refractivity contribution in [3.05, 3.63) is 59.7 Å². The highest BCUT2D eigenvalue weighted by Crippen LogP contribution is 2.44. The SMILES string of the molecule is CC[C@@H](CC(=O)NC(C)(C)C(=O)O)NC(=O)OCC1c2ccccc2-c2ccccc21. The molecule has 3 rings (SSSR count). The monoisotopic (exact) mass is 424 g/mol. The Kier molecular flexibility index (Phi) is 6.63. The first-order valence-corrected chi connectivity index (χ1v) is 10.4. The number of carbonyl (C=O) groups is 3. The Morgan fingerprint density at radius 3 is 2.10 bits per heavy atom. The largest absolute Gasteiger partial charge is 0.480 e. The van der Waals surface area contributed by atoms with Crippen molar-refractivity contribution >= 4 is 18.0 Å². The van der Waals surface area contributed by atoms with E-state index in [9.17, 15) is 14.4 Å². The maximum atomic E-state index is 12.4. The Bertz CT molecular complexity index is 940. The van der Waals surface area contributed by atoms with E-state index in [0.717, 1.165) is 22.3 Å². The van der Waals surface area contributed by atoms with Crippen molar-refractivity contribution in [3.8, 4) is 11.1 Å². The third kappa shape index (κ3) is 5.05. The van der Waals surface area contributed by atoms with Crippen LogP contribution < -0.4 is 10.6 Å². The van der Waals surface area contributed by atoms with Crippen LogP contribution in [0.1, 0.15) is 50.7 Å². The summed E-state index contributed by atoms with van der Waals surface area (Å²) in [4.78, 5) is 35.8. The molecule has 164 valence electrons. The molecule has 0 spiro atoms. The summed E-state index contributed by atoms with van der Waals surface area (Å²) in [5.41, 5.74) is 3.17. The molecular weight excluding hydrogens is 396 g/mol. The quantitative estimate of drug-likeness (QED) is 0.600. The van der Waals surface area contributed by atoms with Crippen molar-refractivity contribution in [2.24, 2.45) is 0 Å². The maximum Gasteiger partial charge on any atom is 0.407 e. The van der Waals surface area contributed by atoms with Crippen LogP contribution in [0.4, 0.5) is 4.79 Å². The third-order valence-corrected chi connectivity index (χ3v) is 5.58. The van der Waals surface area contributed by atoms with Crippen LogP contribution >= 0.6 is 0 Å². The molecule has 0 aliphatic heterocycles. The number of alkyl carbamates (subject to hydrolysis) is 1. The summed E-state index contributed by atoms with van der Waals surface area (Å²) in [6.07, 6.45) is -0.123. The zero-order valence-corrected chi connectivity index (χ0v) is 18.0. The molecule has 0 saturated carbocycles. The topological polar surface area (TPSA) is 105 Å². The van der Waals surface area contributed by atoms with Crippen LogP contribution in [0.25, 0.3) is 11.1 Å². The highest BCUT2D eigenvalue weighted by atomic mass is 16.5. The fraction of sp³-hybridized carbons (Fsp3) is 0.375. The Morgan fingerprint density at radius 1 is 1.03 bits per heavy atom. The molecule has 1 atom stereocenters. The van der Waals surface area contributed by atoms with Gasteiger partial charge in [-0.25, -0.2) is 9.59 Å². The van der Waals surface area contributed by atoms with E-state index < -0.39 is 29.6 Å². The highest BCUT2D eigenvalue weighted by molar-refractivity contribution is 5.86. The van der Waals surface area contributed by atoms with Gasteiger partial charge in [-0.2, -0.15) is 0 Å². The molecule has 7 nitrogen and oxygen atoms in total. The van der Waals surface area contributed by atoms with Crippen molar-refractivity contribution in [2.45, 2.75) is 51.1 Å². The average molecular weight is 424 g/mol. The van der Waals surface area contributed by atoms with E-state index in [1.807, 2.05) is 43.3 Å². The number of carboxylic acid groups (broad SMARTS) is 1. The van der Waals surface area contributed by atoms with Gasteiger partial charge < -0.3 is 20.5 Å². The summed E-state index contributed by atoms with van der Waals surface area (Å²) in [5.74, 6) is -1.62. The lowest BCUT2D eigenvalue weighted by Gasteiger charge is -2.23. The number of hydrogen-bond donors (Lipinski definition) is 3. The summed E-state index contributed by atoms with van der Waals surface area (Å²) in [6.45, 7) is 4.85. The second-order valence-electron chi connectivity index (χ2n) is 8.26. The van der Waals surface area contributed by atoms with Crippen molar-refractivity contribution in [2.75, 3.05) is 6.61 Å². The van der Waals surface area contributed by atoms with Crippen molar-refractivity contribution < 1.29 is 24.2 Å². The summed E-state index contributed by atoms with van der Waals surface area (Å²) < 4.78 is 5.52. The van der Waals surface area contributed by atoms with Gasteiger partial charge >= 0.3 is 12.1 Å². The Morgan fingerprint density at radius 2 is 1.58 bits per heavy atom. The first kappa shape index (κ1) is 22.3. The van der Waals surface area contributed by atoms with Crippen molar-refractivity contribution in [3.63, 3.8) is 0 Å². The number of rotatable bonds is 8. The van der Waals surface area contributed by atoms with Gasteiger partial charge in [-0.3, -0.25) is 4.79 Å². The molecule has 0 aromatic heterocycles. The minimum absolute atomic E-state index is 0.0304. The second-order valence-corrected chi connectivity index (χ2v) is 8.26. The number of nitrogens with one attached hydrogen (secondary N) is 2. The summed E-state index contributed by atoms with van der Waals surface area (Å²) in [6, 6.07) is 15.7. The van der Waals surface area contributed by atoms with Crippen LogP contribution in [0.5, 0.6) is 0 Å². The fourth-order valence-electron chi connectivity index (χ4n) is 3.78. The normalized spacial score (nSPS) is 13.6. The average Bonchev–Trinajstić information content (AvgIpc) is 3.05. The van der Waals surface area contributed by atoms with Gasteiger partial charge in [-0.15, -0.1) is 0 Å². The third-order valence-electron chi connectivity index (χ3n) is 5.58. The van der Waals surface area contributed by atoms with Crippen molar-refractivity contribution in [1.82, 2.24) is 10.6 Å². The van der Waals surface area contributed by atoms with E-state index in [2.05, 4.69) is 22.8 Å². The second kappa shape index (κ2) is 9.20. The smallest absolute Gasteiger partial charge is 0.407 e. The lowest BCUT2D eigenvalue weighted by atomic mass is 9.98. The lowest BCUT2D eigenvalue weighted by molar-refractivity contribution is -0.146. The molecule has 7 heteroatoms. The van der Waals surface area contributed by atoms with E-state index in [1.165, 1.54) is 13.8 Å². The summed E-state index contributed by atoms with van der Waals surface area (Å²) >= 11 is 0. The first-order chi connectivity index (χ1) is 14.7. The molecule has 31 heavy (non-hydrogen) atoms. The van der Waals surface area contributed by atoms with E-state index in [0.29, 0.717) is 6.42 Å². The van der Waals surface area contributed by atoms with Gasteiger partial charge in [0.05, 0.1) is 0 Å². The van der Waals surface area contributed by atoms with Crippen LogP contribution in [0.15, 0.2) is 48.5 Å². The number of ether oxygens (including phenoxy) is 1. The van der Waals surface area contributed by atoms with Crippen molar-refractivity contribution in [1.29, 1.82) is 0 Å². The minimum Gasteiger partial charge on any atom is -0.480 e. The van der Waals surface area contributed by atoms with Crippen LogP contribution in [0, 0.1) is 0 Å². The van der Waals surface area contributed by atoms with Crippen LogP contribution in [-0.4, -0.2) is 41.3 Å². The molecule has 2 aromatic rings. The van der Waals surface area contributed by atoms with Gasteiger partial charge in [-0.1, -0.05) is 55.5 Å². The molecule has 2 amide bonds. The standard InChI is InChI=1S/C24H28N2O5/c1-4-15(13-21(27)26-24(2,3)22(28)29)25-23(30)31-14-20-18-11-7-5-9-16(18)17-10-6-8-12-19(17)20/h5-12,15,20H,4,13-14H2,1-3H3,(H,25,30)(H,26,27)(H,28,29)/t15-/m0/s1. The maximum absolute atomic E-state index is 12.4. The Balaban J connectivity index is 1.58. The van der Waals surface area contributed by atoms with E-state index in [4.69, 9.17) is 9.84 Å². The molecule has 2 aromatic carbocycles. The molecule has 0 radical (unpaired) electrons. The lowest BCUT2D eigenvalue weighted by Crippen LogP contribution is -2.51. The molecule has 0 saturated heterocycles. The van der Waals surface area contributed by atoms with E-state index in [1.54, 1.807) is 0 Å². The van der Waals surface area contributed by atoms with Gasteiger partial charge in [0.25, 0.3) is 0 Å². The number of carbonyl (C=O) groups excluding carboxylic acids is 2. The molecular formula is C24H28N2O5. The number of aliphatic carboxylic acids is 1. The number of fused-ring (bicyclic) bond motifs is 3. The summed E-state index contributed by atoms with van der Waals surface area (Å²) in [7, 11) is 0. The molecule has 0 unspecified atom stereocenters. The van der Waals surface area contributed by atoms with E-state index in [-0.39, 0.29) is 18.9 Å². The molecule has 0 bridgehead atoms. The summed E-state index contributed by atoms with van der Waals surface area (Å²) in [5, 5.41) is 14.3. The van der Waals surface area contributed by atoms with Gasteiger partial charge in [0.2, 0.25) is 5.91 Å². The zero-order chi connectivity index (χ0) is 22.6. The van der Waals surface area contributed by atoms with Crippen LogP contribution in [-0.2, 0) is 14.3 Å². The van der Waals surface area contributed by atoms with E-state index >= 15 is 0 Å². The predicted octanol–water partition coefficient (Wildman–Crippen LogP) is 3.67. The molecule has 0 fully saturated rings. The van der Waals surface area contributed by atoms with Gasteiger partial charge in [0.1, 0.15) is 12.1 Å². The van der Waals surface area contributed by atoms with Crippen LogP contribution in [0.3, 0.4) is 0 Å². The highest BCUT2D eigenvalue weighted by Gasteiger charge is 2.31. The number of carboxylic acids is 1. The first-order valence-electron chi connectivity index (χ1n) is 10.4. The molecule has 0 heterocycles. The fourth-order valence-corrected chi connectivity index (χ4v) is 3.78. The number of amides is 2. The molecule has 1 aliphatic carbocycles. The van der Waals surface area contributed by atoms with Crippen LogP contribution in [0.2, 0.25) is 0 Å². The zero-order valence-electron chi connectivity index (χ0n) is 18.0. The number of hydrogen-bond acceptors (Lipinski definition) is 4. The van der Waals surface area contributed by atoms with Gasteiger partial charge in [0, 0.05) is 18.4 Å². The Hall–Kier alpha value is -3.35. The minimum atomic E-state index is -1.38. The number of benzene rings is 2. The van der Waals surface area contributed by atoms with Gasteiger partial charge in [-0.05, 0) is 42.5 Å². The Labute approximate surface area is 181 Å². The molecule has 3 N–H and O–H groups in total. The molecule has 1 aliphatic rings. The predicted molar refractivity (Wildman–Crippen MR) is 117 cm³/mol. The van der Waals surface area contributed by atoms with Gasteiger partial charge in [0.15, 0.2) is 0 Å².